The van der Waals surface area contributed by atoms with Gasteiger partial charge in [-0.25, -0.2) is 13.6 Å². The van der Waals surface area contributed by atoms with Crippen molar-refractivity contribution in [1.82, 2.24) is 10.2 Å². The Morgan fingerprint density at radius 1 is 1.26 bits per heavy atom. The molecule has 0 aliphatic carbocycles. The number of primary sulfonamides is 1. The van der Waals surface area contributed by atoms with Crippen LogP contribution in [0.25, 0.3) is 0 Å². The molecule has 1 heterocycles. The van der Waals surface area contributed by atoms with Gasteiger partial charge in [-0.05, 0) is 38.1 Å². The van der Waals surface area contributed by atoms with Crippen molar-refractivity contribution in [3.63, 3.8) is 0 Å². The highest BCUT2D eigenvalue weighted by atomic mass is 32.2. The fourth-order valence-electron chi connectivity index (χ4n) is 1.79. The van der Waals surface area contributed by atoms with Crippen LogP contribution < -0.4 is 10.5 Å². The van der Waals surface area contributed by atoms with Crippen LogP contribution in [0.3, 0.4) is 0 Å². The van der Waals surface area contributed by atoms with Gasteiger partial charge in [-0.1, -0.05) is 0 Å². The molecule has 0 amide bonds. The van der Waals surface area contributed by atoms with Crippen LogP contribution in [0.2, 0.25) is 0 Å². The van der Waals surface area contributed by atoms with Crippen LogP contribution in [0, 0.1) is 13.8 Å². The van der Waals surface area contributed by atoms with Crippen molar-refractivity contribution in [1.29, 1.82) is 0 Å². The van der Waals surface area contributed by atoms with Crippen molar-refractivity contribution in [3.8, 4) is 0 Å². The third kappa shape index (κ3) is 3.12. The quantitative estimate of drug-likeness (QED) is 0.785. The second-order valence-corrected chi connectivity index (χ2v) is 5.90. The van der Waals surface area contributed by atoms with Gasteiger partial charge in [-0.15, -0.1) is 0 Å². The Bertz CT molecular complexity index is 655. The summed E-state index contributed by atoms with van der Waals surface area (Å²) >= 11 is 0. The van der Waals surface area contributed by atoms with Crippen LogP contribution in [0.1, 0.15) is 17.0 Å². The first-order valence-electron chi connectivity index (χ1n) is 5.75. The molecule has 0 aliphatic rings. The zero-order valence-electron chi connectivity index (χ0n) is 10.8. The van der Waals surface area contributed by atoms with E-state index in [1.807, 2.05) is 13.8 Å². The standard InChI is InChI=1S/C12H16N4O2S/c1-8-12(9(2)16-15-8)7-14-10-3-5-11(6-4-10)19(13,17)18/h3-6,14H,7H2,1-2H3,(H,15,16)(H2,13,17,18). The fourth-order valence-corrected chi connectivity index (χ4v) is 2.30. The van der Waals surface area contributed by atoms with Crippen LogP contribution in [0.5, 0.6) is 0 Å². The summed E-state index contributed by atoms with van der Waals surface area (Å²) in [6.45, 7) is 4.52. The topological polar surface area (TPSA) is 101 Å². The molecule has 0 saturated carbocycles. The molecule has 0 saturated heterocycles. The first-order chi connectivity index (χ1) is 8.88. The Morgan fingerprint density at radius 2 is 1.89 bits per heavy atom. The van der Waals surface area contributed by atoms with E-state index in [-0.39, 0.29) is 4.90 Å². The lowest BCUT2D eigenvalue weighted by molar-refractivity contribution is 0.598. The maximum absolute atomic E-state index is 11.1. The number of anilines is 1. The Labute approximate surface area is 112 Å². The number of H-pyrrole nitrogens is 1. The van der Waals surface area contributed by atoms with Crippen LogP contribution in [-0.2, 0) is 16.6 Å². The molecular formula is C12H16N4O2S. The number of hydrogen-bond acceptors (Lipinski definition) is 4. The van der Waals surface area contributed by atoms with Gasteiger partial charge in [0.15, 0.2) is 0 Å². The maximum Gasteiger partial charge on any atom is 0.238 e. The second kappa shape index (κ2) is 5.02. The van der Waals surface area contributed by atoms with Gasteiger partial charge >= 0.3 is 0 Å². The van der Waals surface area contributed by atoms with Crippen molar-refractivity contribution >= 4 is 15.7 Å². The number of nitrogens with one attached hydrogen (secondary N) is 2. The molecule has 2 rings (SSSR count). The zero-order chi connectivity index (χ0) is 14.0. The number of hydrogen-bond donors (Lipinski definition) is 3. The van der Waals surface area contributed by atoms with Crippen molar-refractivity contribution < 1.29 is 8.42 Å². The van der Waals surface area contributed by atoms with Gasteiger partial charge in [-0.2, -0.15) is 5.10 Å². The van der Waals surface area contributed by atoms with E-state index in [9.17, 15) is 8.42 Å². The molecule has 6 nitrogen and oxygen atoms in total. The van der Waals surface area contributed by atoms with Crippen LogP contribution in [0.4, 0.5) is 5.69 Å². The van der Waals surface area contributed by atoms with Crippen molar-refractivity contribution in [2.24, 2.45) is 5.14 Å². The number of nitrogens with zero attached hydrogens (tertiary/aromatic N) is 1. The SMILES string of the molecule is Cc1n[nH]c(C)c1CNc1ccc(S(N)(=O)=O)cc1. The van der Waals surface area contributed by atoms with E-state index >= 15 is 0 Å². The van der Waals surface area contributed by atoms with Crippen molar-refractivity contribution in [3.05, 3.63) is 41.2 Å². The molecular weight excluding hydrogens is 264 g/mol. The average molecular weight is 280 g/mol. The molecule has 102 valence electrons. The third-order valence-electron chi connectivity index (χ3n) is 2.93. The van der Waals surface area contributed by atoms with E-state index in [2.05, 4.69) is 15.5 Å². The average Bonchev–Trinajstić information content (AvgIpc) is 2.66. The number of benzene rings is 1. The molecule has 7 heteroatoms. The molecule has 0 unspecified atom stereocenters. The van der Waals surface area contributed by atoms with Crippen LogP contribution in [0.15, 0.2) is 29.2 Å². The fraction of sp³-hybridized carbons (Fsp3) is 0.250. The van der Waals surface area contributed by atoms with Gasteiger partial charge < -0.3 is 5.32 Å². The molecule has 0 radical (unpaired) electrons. The first kappa shape index (κ1) is 13.6. The molecule has 0 atom stereocenters. The van der Waals surface area contributed by atoms with Gasteiger partial charge in [0.25, 0.3) is 0 Å². The molecule has 2 aromatic rings. The molecule has 1 aromatic heterocycles. The van der Waals surface area contributed by atoms with E-state index in [0.717, 1.165) is 22.6 Å². The molecule has 0 spiro atoms. The predicted molar refractivity (Wildman–Crippen MR) is 73.2 cm³/mol. The van der Waals surface area contributed by atoms with Gasteiger partial charge in [0, 0.05) is 23.5 Å². The lowest BCUT2D eigenvalue weighted by atomic mass is 10.2. The van der Waals surface area contributed by atoms with Gasteiger partial charge in [0.2, 0.25) is 10.0 Å². The monoisotopic (exact) mass is 280 g/mol. The summed E-state index contributed by atoms with van der Waals surface area (Å²) < 4.78 is 22.2. The smallest absolute Gasteiger partial charge is 0.238 e. The minimum atomic E-state index is -3.63. The molecule has 19 heavy (non-hydrogen) atoms. The number of nitrogens with two attached hydrogens (primary N) is 1. The molecule has 4 N–H and O–H groups in total. The number of aromatic amines is 1. The highest BCUT2D eigenvalue weighted by molar-refractivity contribution is 7.89. The minimum absolute atomic E-state index is 0.105. The Balaban J connectivity index is 2.09. The minimum Gasteiger partial charge on any atom is -0.381 e. The van der Waals surface area contributed by atoms with E-state index in [1.165, 1.54) is 12.1 Å². The molecule has 1 aromatic carbocycles. The summed E-state index contributed by atoms with van der Waals surface area (Å²) in [7, 11) is -3.63. The predicted octanol–water partition coefficient (Wildman–Crippen LogP) is 1.29. The highest BCUT2D eigenvalue weighted by Crippen LogP contribution is 2.15. The van der Waals surface area contributed by atoms with E-state index in [0.29, 0.717) is 6.54 Å². The van der Waals surface area contributed by atoms with Gasteiger partial charge in [-0.3, -0.25) is 5.10 Å². The van der Waals surface area contributed by atoms with Gasteiger partial charge in [0.05, 0.1) is 10.6 Å². The summed E-state index contributed by atoms with van der Waals surface area (Å²) in [6, 6.07) is 6.33. The van der Waals surface area contributed by atoms with Gasteiger partial charge in [0.1, 0.15) is 0 Å². The number of aromatic nitrogens is 2. The normalized spacial score (nSPS) is 11.5. The van der Waals surface area contributed by atoms with E-state index in [4.69, 9.17) is 5.14 Å². The summed E-state index contributed by atoms with van der Waals surface area (Å²) in [6.07, 6.45) is 0. The Morgan fingerprint density at radius 3 is 2.37 bits per heavy atom. The largest absolute Gasteiger partial charge is 0.381 e. The second-order valence-electron chi connectivity index (χ2n) is 4.34. The maximum atomic E-state index is 11.1. The number of rotatable bonds is 4. The lowest BCUT2D eigenvalue weighted by Gasteiger charge is -2.07. The zero-order valence-corrected chi connectivity index (χ0v) is 11.6. The van der Waals surface area contributed by atoms with Crippen molar-refractivity contribution in [2.75, 3.05) is 5.32 Å². The Hall–Kier alpha value is -1.86. The summed E-state index contributed by atoms with van der Waals surface area (Å²) in [5, 5.41) is 15.3. The summed E-state index contributed by atoms with van der Waals surface area (Å²) in [4.78, 5) is 0.105. The summed E-state index contributed by atoms with van der Waals surface area (Å²) in [5.41, 5.74) is 3.90. The Kier molecular flexibility index (Phi) is 3.59. The van der Waals surface area contributed by atoms with E-state index < -0.39 is 10.0 Å². The van der Waals surface area contributed by atoms with Crippen LogP contribution >= 0.6 is 0 Å². The highest BCUT2D eigenvalue weighted by Gasteiger charge is 2.08. The first-order valence-corrected chi connectivity index (χ1v) is 7.30. The number of aryl methyl sites for hydroxylation is 2. The molecule has 0 bridgehead atoms. The molecule has 0 aliphatic heterocycles. The third-order valence-corrected chi connectivity index (χ3v) is 3.86. The van der Waals surface area contributed by atoms with E-state index in [1.54, 1.807) is 12.1 Å². The van der Waals surface area contributed by atoms with Crippen molar-refractivity contribution in [2.45, 2.75) is 25.3 Å². The molecule has 0 fully saturated rings. The summed E-state index contributed by atoms with van der Waals surface area (Å²) in [5.74, 6) is 0. The van der Waals surface area contributed by atoms with Crippen LogP contribution in [-0.4, -0.2) is 18.6 Å². The number of sulfonamides is 1. The lowest BCUT2D eigenvalue weighted by Crippen LogP contribution is -2.12.